The number of terminal acetylenes is 1. The maximum Gasteiger partial charge on any atom is 0.272 e. The molecule has 1 aromatic rings. The topological polar surface area (TPSA) is 105 Å². The summed E-state index contributed by atoms with van der Waals surface area (Å²) in [4.78, 5) is 16.8. The first-order chi connectivity index (χ1) is 11.2. The van der Waals surface area contributed by atoms with Gasteiger partial charge in [0.15, 0.2) is 6.79 Å². The normalized spacial score (nSPS) is 12.7. The van der Waals surface area contributed by atoms with Gasteiger partial charge < -0.3 is 15.2 Å². The van der Waals surface area contributed by atoms with Crippen molar-refractivity contribution in [2.24, 2.45) is 0 Å². The van der Waals surface area contributed by atoms with Crippen LogP contribution < -0.4 is 5.32 Å². The zero-order valence-corrected chi connectivity index (χ0v) is 14.5. The minimum Gasteiger partial charge on any atom is -0.368 e. The van der Waals surface area contributed by atoms with Crippen LogP contribution in [0.4, 0.5) is 5.69 Å². The number of ether oxygens (including phenoxy) is 1. The molecule has 24 heavy (non-hydrogen) atoms. The fourth-order valence-electron chi connectivity index (χ4n) is 1.76. The first kappa shape index (κ1) is 20.1. The van der Waals surface area contributed by atoms with Gasteiger partial charge in [0.2, 0.25) is 0 Å². The number of aliphatic hydroxyl groups is 1. The van der Waals surface area contributed by atoms with E-state index in [1.54, 1.807) is 32.0 Å². The average Bonchev–Trinajstić information content (AvgIpc) is 2.53. The van der Waals surface area contributed by atoms with Gasteiger partial charge >= 0.3 is 0 Å². The number of aryl methyl sites for hydroxylation is 2. The summed E-state index contributed by atoms with van der Waals surface area (Å²) < 4.78 is 29.3. The van der Waals surface area contributed by atoms with E-state index in [-0.39, 0.29) is 6.61 Å². The summed E-state index contributed by atoms with van der Waals surface area (Å²) in [5.74, 6) is 1.08. The van der Waals surface area contributed by atoms with Gasteiger partial charge in [0.25, 0.3) is 21.4 Å². The zero-order valence-electron chi connectivity index (χ0n) is 13.6. The zero-order chi connectivity index (χ0) is 18.3. The molecule has 0 aliphatic heterocycles. The largest absolute Gasteiger partial charge is 0.368 e. The van der Waals surface area contributed by atoms with Gasteiger partial charge in [-0.2, -0.15) is 0 Å². The molecule has 1 unspecified atom stereocenters. The number of carbonyl (C=O) groups is 1. The Labute approximate surface area is 141 Å². The van der Waals surface area contributed by atoms with Crippen molar-refractivity contribution in [3.8, 4) is 12.3 Å². The van der Waals surface area contributed by atoms with E-state index in [1.807, 2.05) is 0 Å². The Hall–Kier alpha value is -1.96. The fourth-order valence-corrected chi connectivity index (χ4v) is 2.56. The highest BCUT2D eigenvalue weighted by Crippen LogP contribution is 2.20. The molecule has 1 aromatic carbocycles. The molecule has 0 bridgehead atoms. The van der Waals surface area contributed by atoms with Gasteiger partial charge in [-0.3, -0.25) is 9.63 Å². The lowest BCUT2D eigenvalue weighted by Gasteiger charge is -2.20. The van der Waals surface area contributed by atoms with Crippen LogP contribution in [0, 0.1) is 26.2 Å². The fraction of sp³-hybridized carbons (Fsp3) is 0.400. The third kappa shape index (κ3) is 5.02. The van der Waals surface area contributed by atoms with Crippen molar-refractivity contribution in [1.29, 1.82) is 0 Å². The van der Waals surface area contributed by atoms with Gasteiger partial charge in [-0.15, -0.1) is 6.42 Å². The smallest absolute Gasteiger partial charge is 0.272 e. The number of amides is 1. The van der Waals surface area contributed by atoms with E-state index in [0.717, 1.165) is 18.2 Å². The van der Waals surface area contributed by atoms with Crippen LogP contribution in [0.15, 0.2) is 18.2 Å². The summed E-state index contributed by atoms with van der Waals surface area (Å²) in [6, 6.07) is 5.30. The van der Waals surface area contributed by atoms with Crippen molar-refractivity contribution < 1.29 is 27.9 Å². The molecule has 0 saturated heterocycles. The molecule has 0 aromatic heterocycles. The lowest BCUT2D eigenvalue weighted by molar-refractivity contribution is -0.159. The molecule has 1 rings (SSSR count). The van der Waals surface area contributed by atoms with E-state index >= 15 is 0 Å². The number of rotatable bonds is 8. The molecule has 1 amide bonds. The Morgan fingerprint density at radius 3 is 2.54 bits per heavy atom. The molecule has 0 fully saturated rings. The number of aliphatic hydroxyl groups excluding tert-OH is 1. The SMILES string of the molecule is C#CCOCON(C)S(=O)(=O)C(O)C(=O)Nc1c(C)cccc1C. The Kier molecular flexibility index (Phi) is 7.34. The van der Waals surface area contributed by atoms with Crippen LogP contribution >= 0.6 is 0 Å². The number of hydroxylamine groups is 1. The lowest BCUT2D eigenvalue weighted by Crippen LogP contribution is -2.43. The second kappa shape index (κ2) is 8.77. The van der Waals surface area contributed by atoms with Gasteiger partial charge in [0.05, 0.1) is 0 Å². The van der Waals surface area contributed by atoms with E-state index < -0.39 is 28.2 Å². The van der Waals surface area contributed by atoms with E-state index in [0.29, 0.717) is 10.2 Å². The Morgan fingerprint density at radius 1 is 1.42 bits per heavy atom. The van der Waals surface area contributed by atoms with Crippen molar-refractivity contribution >= 4 is 21.6 Å². The van der Waals surface area contributed by atoms with Crippen molar-refractivity contribution in [3.05, 3.63) is 29.3 Å². The number of carbonyl (C=O) groups excluding carboxylic acids is 1. The summed E-state index contributed by atoms with van der Waals surface area (Å²) >= 11 is 0. The Bertz CT molecular complexity index is 706. The number of hydrogen-bond donors (Lipinski definition) is 2. The number of nitrogens with one attached hydrogen (secondary N) is 1. The number of benzene rings is 1. The number of nitrogens with zero attached hydrogens (tertiary/aromatic N) is 1. The maximum absolute atomic E-state index is 12.1. The second-order valence-electron chi connectivity index (χ2n) is 4.86. The van der Waals surface area contributed by atoms with Gasteiger partial charge in [-0.1, -0.05) is 28.6 Å². The van der Waals surface area contributed by atoms with Crippen LogP contribution in [0.3, 0.4) is 0 Å². The average molecular weight is 356 g/mol. The van der Waals surface area contributed by atoms with Crippen LogP contribution in [0.2, 0.25) is 0 Å². The predicted molar refractivity (Wildman–Crippen MR) is 88.0 cm³/mol. The molecule has 132 valence electrons. The summed E-state index contributed by atoms with van der Waals surface area (Å²) in [6.45, 7) is 3.00. The molecular weight excluding hydrogens is 336 g/mol. The molecule has 0 aliphatic carbocycles. The monoisotopic (exact) mass is 356 g/mol. The van der Waals surface area contributed by atoms with Crippen molar-refractivity contribution in [2.45, 2.75) is 19.3 Å². The van der Waals surface area contributed by atoms with E-state index in [4.69, 9.17) is 16.0 Å². The molecular formula is C15H20N2O6S. The van der Waals surface area contributed by atoms with E-state index in [9.17, 15) is 18.3 Å². The van der Waals surface area contributed by atoms with Gasteiger partial charge in [0, 0.05) is 12.7 Å². The Morgan fingerprint density at radius 2 is 2.00 bits per heavy atom. The van der Waals surface area contributed by atoms with Gasteiger partial charge in [-0.05, 0) is 25.0 Å². The molecule has 8 nitrogen and oxygen atoms in total. The quantitative estimate of drug-likeness (QED) is 0.302. The van der Waals surface area contributed by atoms with E-state index in [1.165, 1.54) is 0 Å². The van der Waals surface area contributed by atoms with Crippen LogP contribution in [-0.2, 0) is 24.4 Å². The molecule has 0 saturated carbocycles. The van der Waals surface area contributed by atoms with Gasteiger partial charge in [-0.25, -0.2) is 8.42 Å². The van der Waals surface area contributed by atoms with E-state index in [2.05, 4.69) is 11.2 Å². The van der Waals surface area contributed by atoms with Gasteiger partial charge in [0.1, 0.15) is 6.61 Å². The maximum atomic E-state index is 12.1. The number of anilines is 1. The van der Waals surface area contributed by atoms with Crippen molar-refractivity contribution in [3.63, 3.8) is 0 Å². The highest BCUT2D eigenvalue weighted by molar-refractivity contribution is 7.90. The molecule has 9 heteroatoms. The standard InChI is InChI=1S/C15H20N2O6S/c1-5-9-22-10-23-17(4)24(20,21)15(19)14(18)16-13-11(2)7-6-8-12(13)3/h1,6-8,15,19H,9-10H2,2-4H3,(H,16,18). The number of para-hydroxylation sites is 1. The lowest BCUT2D eigenvalue weighted by atomic mass is 10.1. The summed E-state index contributed by atoms with van der Waals surface area (Å²) in [5.41, 5.74) is -0.424. The van der Waals surface area contributed by atoms with Crippen molar-refractivity contribution in [2.75, 3.05) is 25.8 Å². The second-order valence-corrected chi connectivity index (χ2v) is 6.85. The predicted octanol–water partition coefficient (Wildman–Crippen LogP) is 0.361. The number of hydrogen-bond acceptors (Lipinski definition) is 6. The highest BCUT2D eigenvalue weighted by Gasteiger charge is 2.35. The molecule has 1 atom stereocenters. The minimum absolute atomic E-state index is 0.0660. The van der Waals surface area contributed by atoms with Crippen LogP contribution in [-0.4, -0.2) is 49.8 Å². The van der Waals surface area contributed by atoms with Crippen molar-refractivity contribution in [1.82, 2.24) is 4.47 Å². The van der Waals surface area contributed by atoms with Crippen LogP contribution in [0.5, 0.6) is 0 Å². The molecule has 0 heterocycles. The molecule has 0 spiro atoms. The van der Waals surface area contributed by atoms with Crippen LogP contribution in [0.1, 0.15) is 11.1 Å². The molecule has 0 radical (unpaired) electrons. The highest BCUT2D eigenvalue weighted by atomic mass is 32.2. The van der Waals surface area contributed by atoms with Crippen LogP contribution in [0.25, 0.3) is 0 Å². The summed E-state index contributed by atoms with van der Waals surface area (Å²) in [5, 5.41) is 12.3. The third-order valence-corrected chi connectivity index (χ3v) is 4.70. The third-order valence-electron chi connectivity index (χ3n) is 3.10. The minimum atomic E-state index is -4.45. The first-order valence-electron chi connectivity index (χ1n) is 6.88. The Balaban J connectivity index is 2.78. The number of sulfonamides is 1. The molecule has 0 aliphatic rings. The molecule has 2 N–H and O–H groups in total. The first-order valence-corrected chi connectivity index (χ1v) is 8.39. The summed E-state index contributed by atoms with van der Waals surface area (Å²) in [7, 11) is -3.42. The summed E-state index contributed by atoms with van der Waals surface area (Å²) in [6.07, 6.45) is 4.96.